The summed E-state index contributed by atoms with van der Waals surface area (Å²) >= 11 is 0. The van der Waals surface area contributed by atoms with Crippen molar-refractivity contribution < 1.29 is 18.7 Å². The van der Waals surface area contributed by atoms with Crippen LogP contribution in [0.25, 0.3) is 0 Å². The first kappa shape index (κ1) is 22.7. The average molecular weight is 428 g/mol. The van der Waals surface area contributed by atoms with Crippen molar-refractivity contribution in [3.8, 4) is 5.75 Å². The van der Waals surface area contributed by atoms with Crippen LogP contribution in [0.2, 0.25) is 0 Å². The summed E-state index contributed by atoms with van der Waals surface area (Å²) in [6.07, 6.45) is 0. The topological polar surface area (TPSA) is 61.9 Å². The normalized spacial score (nSPS) is 19.2. The fourth-order valence-electron chi connectivity index (χ4n) is 3.85. The van der Waals surface area contributed by atoms with Gasteiger partial charge in [-0.05, 0) is 56.2 Å². The third-order valence-electron chi connectivity index (χ3n) is 5.53. The molecule has 0 aliphatic carbocycles. The minimum atomic E-state index is -0.240. The summed E-state index contributed by atoms with van der Waals surface area (Å²) in [4.78, 5) is 28.5. The van der Waals surface area contributed by atoms with E-state index in [9.17, 15) is 14.0 Å². The molecule has 31 heavy (non-hydrogen) atoms. The first-order valence-electron chi connectivity index (χ1n) is 10.5. The average Bonchev–Trinajstić information content (AvgIpc) is 2.71. The van der Waals surface area contributed by atoms with Gasteiger partial charge in [0.15, 0.2) is 6.61 Å². The molecule has 0 saturated carbocycles. The fraction of sp³-hybridized carbons (Fsp3) is 0.417. The molecule has 2 aromatic carbocycles. The summed E-state index contributed by atoms with van der Waals surface area (Å²) in [6, 6.07) is 12.2. The van der Waals surface area contributed by atoms with Crippen LogP contribution < -0.4 is 10.1 Å². The Kier molecular flexibility index (Phi) is 7.28. The lowest BCUT2D eigenvalue weighted by Crippen LogP contribution is -2.58. The molecular weight excluding hydrogens is 397 g/mol. The predicted octanol–water partition coefficient (Wildman–Crippen LogP) is 3.59. The van der Waals surface area contributed by atoms with E-state index in [1.807, 2.05) is 30.9 Å². The highest BCUT2D eigenvalue weighted by atomic mass is 19.1. The van der Waals surface area contributed by atoms with Gasteiger partial charge in [-0.25, -0.2) is 4.39 Å². The minimum absolute atomic E-state index is 0.0278. The van der Waals surface area contributed by atoms with E-state index < -0.39 is 0 Å². The van der Waals surface area contributed by atoms with Crippen molar-refractivity contribution in [1.82, 2.24) is 9.80 Å². The van der Waals surface area contributed by atoms with Gasteiger partial charge in [0.25, 0.3) is 5.91 Å². The zero-order valence-electron chi connectivity index (χ0n) is 18.5. The molecule has 2 aromatic rings. The van der Waals surface area contributed by atoms with Gasteiger partial charge in [-0.3, -0.25) is 14.5 Å². The summed E-state index contributed by atoms with van der Waals surface area (Å²) in [5.74, 6) is -0.0362. The molecule has 0 bridgehead atoms. The SMILES string of the molecule is CC(=O)Nc1ccc(C)cc1OCC(=O)N1C[C@@H](C)N(Cc2ccc(F)cc2)C[C@@H]1C. The van der Waals surface area contributed by atoms with Crippen molar-refractivity contribution >= 4 is 17.5 Å². The molecule has 6 nitrogen and oxygen atoms in total. The molecule has 1 fully saturated rings. The van der Waals surface area contributed by atoms with Gasteiger partial charge in [-0.2, -0.15) is 0 Å². The first-order valence-corrected chi connectivity index (χ1v) is 10.5. The van der Waals surface area contributed by atoms with Gasteiger partial charge in [-0.15, -0.1) is 0 Å². The van der Waals surface area contributed by atoms with Crippen molar-refractivity contribution in [2.75, 3.05) is 25.0 Å². The number of anilines is 1. The molecule has 1 heterocycles. The predicted molar refractivity (Wildman–Crippen MR) is 118 cm³/mol. The number of nitrogens with zero attached hydrogens (tertiary/aromatic N) is 2. The Balaban J connectivity index is 1.60. The largest absolute Gasteiger partial charge is 0.482 e. The zero-order valence-corrected chi connectivity index (χ0v) is 18.5. The molecule has 1 aliphatic heterocycles. The second-order valence-electron chi connectivity index (χ2n) is 8.27. The van der Waals surface area contributed by atoms with Gasteiger partial charge >= 0.3 is 0 Å². The third-order valence-corrected chi connectivity index (χ3v) is 5.53. The first-order chi connectivity index (χ1) is 14.7. The maximum absolute atomic E-state index is 13.2. The second-order valence-corrected chi connectivity index (χ2v) is 8.27. The Hall–Kier alpha value is -2.93. The lowest BCUT2D eigenvalue weighted by molar-refractivity contribution is -0.139. The Morgan fingerprint density at radius 2 is 1.81 bits per heavy atom. The van der Waals surface area contributed by atoms with Crippen LogP contribution in [0.3, 0.4) is 0 Å². The van der Waals surface area contributed by atoms with Crippen LogP contribution in [0.4, 0.5) is 10.1 Å². The Morgan fingerprint density at radius 1 is 1.10 bits per heavy atom. The zero-order chi connectivity index (χ0) is 22.5. The Labute approximate surface area is 183 Å². The number of rotatable bonds is 6. The van der Waals surface area contributed by atoms with Gasteiger partial charge < -0.3 is 15.0 Å². The van der Waals surface area contributed by atoms with E-state index in [-0.39, 0.29) is 36.3 Å². The number of aryl methyl sites for hydroxylation is 1. The van der Waals surface area contributed by atoms with Crippen LogP contribution in [0, 0.1) is 12.7 Å². The molecule has 1 saturated heterocycles. The number of benzene rings is 2. The second kappa shape index (κ2) is 9.92. The van der Waals surface area contributed by atoms with Crippen LogP contribution in [0.15, 0.2) is 42.5 Å². The number of hydrogen-bond donors (Lipinski definition) is 1. The lowest BCUT2D eigenvalue weighted by atomic mass is 10.1. The van der Waals surface area contributed by atoms with Crippen LogP contribution in [0.1, 0.15) is 31.9 Å². The highest BCUT2D eigenvalue weighted by Crippen LogP contribution is 2.26. The molecule has 3 rings (SSSR count). The van der Waals surface area contributed by atoms with E-state index >= 15 is 0 Å². The number of halogens is 1. The van der Waals surface area contributed by atoms with Crippen molar-refractivity contribution in [2.24, 2.45) is 0 Å². The number of carbonyl (C=O) groups excluding carboxylic acids is 2. The molecule has 1 N–H and O–H groups in total. The summed E-state index contributed by atoms with van der Waals surface area (Å²) in [6.45, 7) is 9.42. The maximum atomic E-state index is 13.2. The van der Waals surface area contributed by atoms with Crippen LogP contribution in [-0.4, -0.2) is 53.4 Å². The standard InChI is InChI=1S/C24H30FN3O3/c1-16-5-10-22(26-19(4)29)23(11-16)31-15-24(30)28-13-17(2)27(12-18(28)3)14-20-6-8-21(25)9-7-20/h5-11,17-18H,12-15H2,1-4H3,(H,26,29)/t17-,18+/m1/s1. The van der Waals surface area contributed by atoms with Crippen molar-refractivity contribution in [3.05, 3.63) is 59.4 Å². The van der Waals surface area contributed by atoms with Gasteiger partial charge in [0, 0.05) is 38.6 Å². The van der Waals surface area contributed by atoms with E-state index in [2.05, 4.69) is 17.1 Å². The third kappa shape index (κ3) is 6.04. The van der Waals surface area contributed by atoms with Crippen molar-refractivity contribution in [1.29, 1.82) is 0 Å². The quantitative estimate of drug-likeness (QED) is 0.765. The van der Waals surface area contributed by atoms with E-state index in [0.717, 1.165) is 17.7 Å². The number of carbonyl (C=O) groups is 2. The van der Waals surface area contributed by atoms with Gasteiger partial charge in [-0.1, -0.05) is 18.2 Å². The Bertz CT molecular complexity index is 932. The highest BCUT2D eigenvalue weighted by molar-refractivity contribution is 5.90. The van der Waals surface area contributed by atoms with Crippen LogP contribution in [-0.2, 0) is 16.1 Å². The summed E-state index contributed by atoms with van der Waals surface area (Å²) in [5.41, 5.74) is 2.58. The van der Waals surface area contributed by atoms with E-state index in [4.69, 9.17) is 4.74 Å². The summed E-state index contributed by atoms with van der Waals surface area (Å²) in [7, 11) is 0. The number of nitrogens with one attached hydrogen (secondary N) is 1. The molecule has 0 unspecified atom stereocenters. The summed E-state index contributed by atoms with van der Waals surface area (Å²) in [5, 5.41) is 2.73. The lowest BCUT2D eigenvalue weighted by Gasteiger charge is -2.44. The molecule has 1 aliphatic rings. The molecule has 7 heteroatoms. The Morgan fingerprint density at radius 3 is 2.48 bits per heavy atom. The smallest absolute Gasteiger partial charge is 0.260 e. The molecule has 0 aromatic heterocycles. The molecular formula is C24H30FN3O3. The summed E-state index contributed by atoms with van der Waals surface area (Å²) < 4.78 is 19.0. The minimum Gasteiger partial charge on any atom is -0.482 e. The molecule has 0 spiro atoms. The van der Waals surface area contributed by atoms with Crippen LogP contribution in [0.5, 0.6) is 5.75 Å². The molecule has 2 atom stereocenters. The number of amides is 2. The van der Waals surface area contributed by atoms with E-state index in [1.165, 1.54) is 19.1 Å². The number of hydrogen-bond acceptors (Lipinski definition) is 4. The van der Waals surface area contributed by atoms with Crippen molar-refractivity contribution in [3.63, 3.8) is 0 Å². The van der Waals surface area contributed by atoms with Gasteiger partial charge in [0.1, 0.15) is 11.6 Å². The van der Waals surface area contributed by atoms with Crippen LogP contribution >= 0.6 is 0 Å². The maximum Gasteiger partial charge on any atom is 0.260 e. The van der Waals surface area contributed by atoms with E-state index in [0.29, 0.717) is 24.5 Å². The highest BCUT2D eigenvalue weighted by Gasteiger charge is 2.32. The molecule has 2 amide bonds. The molecule has 166 valence electrons. The van der Waals surface area contributed by atoms with Gasteiger partial charge in [0.2, 0.25) is 5.91 Å². The van der Waals surface area contributed by atoms with Gasteiger partial charge in [0.05, 0.1) is 5.69 Å². The number of piperazine rings is 1. The monoisotopic (exact) mass is 427 g/mol. The molecule has 0 radical (unpaired) electrons. The fourth-order valence-corrected chi connectivity index (χ4v) is 3.85. The van der Waals surface area contributed by atoms with Crippen molar-refractivity contribution in [2.45, 2.75) is 46.3 Å². The van der Waals surface area contributed by atoms with E-state index in [1.54, 1.807) is 18.2 Å². The number of ether oxygens (including phenoxy) is 1.